The zero-order valence-electron chi connectivity index (χ0n) is 12.1. The number of carbonyl (C=O) groups is 1. The van der Waals surface area contributed by atoms with E-state index in [1.54, 1.807) is 23.3 Å². The van der Waals surface area contributed by atoms with Crippen molar-refractivity contribution >= 4 is 21.8 Å². The molecule has 0 fully saturated rings. The van der Waals surface area contributed by atoms with E-state index in [9.17, 15) is 13.2 Å². The highest BCUT2D eigenvalue weighted by Crippen LogP contribution is 2.21. The molecule has 6 nitrogen and oxygen atoms in total. The van der Waals surface area contributed by atoms with Crippen molar-refractivity contribution in [2.24, 2.45) is 10.3 Å². The van der Waals surface area contributed by atoms with E-state index >= 15 is 0 Å². The van der Waals surface area contributed by atoms with E-state index in [0.29, 0.717) is 19.1 Å². The standard InChI is InChI=1S/C15H18N2O4S/c18-15(21-11-12-5-2-1-3-6-12)13-7-4-8-17-9-10-22(19,20)16-14(13)17/h1-2,4,7-8,12H,3,5-6,9-11H2. The van der Waals surface area contributed by atoms with Gasteiger partial charge >= 0.3 is 5.97 Å². The minimum Gasteiger partial charge on any atom is -0.462 e. The lowest BCUT2D eigenvalue weighted by atomic mass is 9.95. The summed E-state index contributed by atoms with van der Waals surface area (Å²) in [6.07, 6.45) is 12.1. The Balaban J connectivity index is 1.71. The molecule has 7 heteroatoms. The predicted molar refractivity (Wildman–Crippen MR) is 82.6 cm³/mol. The van der Waals surface area contributed by atoms with Gasteiger partial charge in [-0.1, -0.05) is 12.2 Å². The third-order valence-electron chi connectivity index (χ3n) is 3.91. The van der Waals surface area contributed by atoms with Crippen molar-refractivity contribution in [1.82, 2.24) is 4.90 Å². The second kappa shape index (κ2) is 6.08. The molecule has 0 aromatic heterocycles. The third-order valence-corrected chi connectivity index (χ3v) is 5.05. The van der Waals surface area contributed by atoms with Crippen molar-refractivity contribution in [3.63, 3.8) is 0 Å². The van der Waals surface area contributed by atoms with E-state index in [0.717, 1.165) is 19.3 Å². The molecule has 22 heavy (non-hydrogen) atoms. The molecule has 0 N–H and O–H groups in total. The molecular weight excluding hydrogens is 304 g/mol. The molecule has 0 bridgehead atoms. The zero-order chi connectivity index (χ0) is 15.6. The summed E-state index contributed by atoms with van der Waals surface area (Å²) >= 11 is 0. The fourth-order valence-electron chi connectivity index (χ4n) is 2.65. The average Bonchev–Trinajstić information content (AvgIpc) is 2.52. The average molecular weight is 322 g/mol. The minimum atomic E-state index is -3.50. The molecule has 0 spiro atoms. The van der Waals surface area contributed by atoms with Gasteiger partial charge in [-0.05, 0) is 37.3 Å². The van der Waals surface area contributed by atoms with Gasteiger partial charge in [0, 0.05) is 12.7 Å². The van der Waals surface area contributed by atoms with Crippen LogP contribution in [0.5, 0.6) is 0 Å². The maximum Gasteiger partial charge on any atom is 0.341 e. The van der Waals surface area contributed by atoms with Gasteiger partial charge < -0.3 is 9.64 Å². The van der Waals surface area contributed by atoms with E-state index in [2.05, 4.69) is 16.5 Å². The van der Waals surface area contributed by atoms with Crippen molar-refractivity contribution in [3.8, 4) is 0 Å². The fourth-order valence-corrected chi connectivity index (χ4v) is 3.64. The summed E-state index contributed by atoms with van der Waals surface area (Å²) in [4.78, 5) is 13.9. The van der Waals surface area contributed by atoms with Crippen molar-refractivity contribution in [2.75, 3.05) is 18.9 Å². The SMILES string of the molecule is O=C(OCC1CC=CCC1)C1=CC=CN2CCS(=O)(=O)N=C12. The highest BCUT2D eigenvalue weighted by atomic mass is 32.2. The predicted octanol–water partition coefficient (Wildman–Crippen LogP) is 1.38. The molecule has 0 aromatic rings. The largest absolute Gasteiger partial charge is 0.462 e. The van der Waals surface area contributed by atoms with Crippen LogP contribution >= 0.6 is 0 Å². The molecule has 0 amide bonds. The number of sulfonamides is 1. The van der Waals surface area contributed by atoms with Crippen LogP contribution in [0.1, 0.15) is 19.3 Å². The summed E-state index contributed by atoms with van der Waals surface area (Å²) in [7, 11) is -3.50. The molecule has 2 aliphatic heterocycles. The van der Waals surface area contributed by atoms with Gasteiger partial charge in [0.25, 0.3) is 10.0 Å². The Morgan fingerprint density at radius 2 is 2.27 bits per heavy atom. The van der Waals surface area contributed by atoms with Crippen LogP contribution in [-0.2, 0) is 19.6 Å². The van der Waals surface area contributed by atoms with Crippen LogP contribution in [0.4, 0.5) is 0 Å². The smallest absolute Gasteiger partial charge is 0.341 e. The first-order valence-electron chi connectivity index (χ1n) is 7.35. The highest BCUT2D eigenvalue weighted by molar-refractivity contribution is 7.90. The number of nitrogens with zero attached hydrogens (tertiary/aromatic N) is 2. The lowest BCUT2D eigenvalue weighted by Gasteiger charge is -2.28. The Kier molecular flexibility index (Phi) is 4.15. The van der Waals surface area contributed by atoms with E-state index in [4.69, 9.17) is 4.74 Å². The van der Waals surface area contributed by atoms with E-state index in [-0.39, 0.29) is 17.2 Å². The second-order valence-electron chi connectivity index (χ2n) is 5.57. The van der Waals surface area contributed by atoms with Crippen LogP contribution in [0.3, 0.4) is 0 Å². The molecular formula is C15H18N2O4S. The highest BCUT2D eigenvalue weighted by Gasteiger charge is 2.31. The molecule has 0 saturated carbocycles. The number of hydrogen-bond acceptors (Lipinski definition) is 5. The van der Waals surface area contributed by atoms with Crippen molar-refractivity contribution in [3.05, 3.63) is 36.1 Å². The quantitative estimate of drug-likeness (QED) is 0.579. The van der Waals surface area contributed by atoms with Gasteiger partial charge in [0.15, 0.2) is 5.84 Å². The lowest BCUT2D eigenvalue weighted by molar-refractivity contribution is -0.139. The maximum atomic E-state index is 12.3. The summed E-state index contributed by atoms with van der Waals surface area (Å²) in [5.74, 6) is -0.0544. The molecule has 1 unspecified atom stereocenters. The van der Waals surface area contributed by atoms with Gasteiger partial charge in [-0.2, -0.15) is 0 Å². The van der Waals surface area contributed by atoms with Crippen molar-refractivity contribution in [1.29, 1.82) is 0 Å². The molecule has 0 saturated heterocycles. The Morgan fingerprint density at radius 1 is 1.41 bits per heavy atom. The van der Waals surface area contributed by atoms with Gasteiger partial charge in [-0.3, -0.25) is 0 Å². The Morgan fingerprint density at radius 3 is 3.05 bits per heavy atom. The summed E-state index contributed by atoms with van der Waals surface area (Å²) < 4.78 is 32.4. The fraction of sp³-hybridized carbons (Fsp3) is 0.467. The monoisotopic (exact) mass is 322 g/mol. The number of carbonyl (C=O) groups excluding carboxylic acids is 1. The third kappa shape index (κ3) is 3.30. The summed E-state index contributed by atoms with van der Waals surface area (Å²) in [5.41, 5.74) is 0.206. The number of amidine groups is 1. The summed E-state index contributed by atoms with van der Waals surface area (Å²) in [6, 6.07) is 0. The molecule has 1 atom stereocenters. The Bertz CT molecular complexity index is 688. The first-order chi connectivity index (χ1) is 10.6. The van der Waals surface area contributed by atoms with Gasteiger partial charge in [-0.25, -0.2) is 13.2 Å². The van der Waals surface area contributed by atoms with Crippen LogP contribution in [0.25, 0.3) is 0 Å². The second-order valence-corrected chi connectivity index (χ2v) is 7.32. The van der Waals surface area contributed by atoms with Gasteiger partial charge in [0.2, 0.25) is 0 Å². The first-order valence-corrected chi connectivity index (χ1v) is 8.96. The lowest BCUT2D eigenvalue weighted by Crippen LogP contribution is -2.40. The van der Waals surface area contributed by atoms with E-state index < -0.39 is 16.0 Å². The van der Waals surface area contributed by atoms with E-state index in [1.807, 2.05) is 0 Å². The topological polar surface area (TPSA) is 76.0 Å². The first kappa shape index (κ1) is 15.0. The van der Waals surface area contributed by atoms with E-state index in [1.165, 1.54) is 0 Å². The molecule has 0 radical (unpaired) electrons. The number of fused-ring (bicyclic) bond motifs is 1. The van der Waals surface area contributed by atoms with Gasteiger partial charge in [-0.15, -0.1) is 4.40 Å². The summed E-state index contributed by atoms with van der Waals surface area (Å²) in [5, 5.41) is 0. The van der Waals surface area contributed by atoms with Crippen LogP contribution in [0.15, 0.2) is 40.5 Å². The summed E-state index contributed by atoms with van der Waals surface area (Å²) in [6.45, 7) is 0.653. The molecule has 1 aliphatic carbocycles. The van der Waals surface area contributed by atoms with Crippen molar-refractivity contribution in [2.45, 2.75) is 19.3 Å². The molecule has 3 rings (SSSR count). The number of esters is 1. The zero-order valence-corrected chi connectivity index (χ0v) is 13.0. The minimum absolute atomic E-state index is 0.0441. The van der Waals surface area contributed by atoms with Crippen molar-refractivity contribution < 1.29 is 17.9 Å². The van der Waals surface area contributed by atoms with Gasteiger partial charge in [0.05, 0.1) is 12.4 Å². The Hall–Kier alpha value is -1.89. The van der Waals surface area contributed by atoms with Crippen LogP contribution in [0.2, 0.25) is 0 Å². The maximum absolute atomic E-state index is 12.3. The molecule has 0 aromatic carbocycles. The number of rotatable bonds is 3. The molecule has 118 valence electrons. The van der Waals surface area contributed by atoms with Crippen LogP contribution in [-0.4, -0.2) is 44.0 Å². The van der Waals surface area contributed by atoms with Crippen LogP contribution in [0, 0.1) is 5.92 Å². The molecule has 3 aliphatic rings. The Labute approximate surface area is 129 Å². The van der Waals surface area contributed by atoms with Gasteiger partial charge in [0.1, 0.15) is 5.57 Å². The number of ether oxygens (including phenoxy) is 1. The van der Waals surface area contributed by atoms with Crippen LogP contribution < -0.4 is 0 Å². The normalized spacial score (nSPS) is 26.0. The number of hydrogen-bond donors (Lipinski definition) is 0. The number of allylic oxidation sites excluding steroid dienone is 4. The molecule has 2 heterocycles.